The summed E-state index contributed by atoms with van der Waals surface area (Å²) in [6, 6.07) is 0. The van der Waals surface area contributed by atoms with Crippen molar-refractivity contribution in [2.24, 2.45) is 5.92 Å². The van der Waals surface area contributed by atoms with Gasteiger partial charge in [0, 0.05) is 19.3 Å². The van der Waals surface area contributed by atoms with Gasteiger partial charge in [-0.25, -0.2) is 0 Å². The molecular weight excluding hydrogens is 240 g/mol. The fourth-order valence-corrected chi connectivity index (χ4v) is 2.01. The average molecular weight is 268 g/mol. The van der Waals surface area contributed by atoms with Gasteiger partial charge in [0.15, 0.2) is 11.6 Å². The molecule has 0 rings (SSSR count). The van der Waals surface area contributed by atoms with Crippen molar-refractivity contribution in [3.63, 3.8) is 0 Å². The monoisotopic (exact) mass is 268 g/mol. The Morgan fingerprint density at radius 1 is 0.895 bits per heavy atom. The minimum Gasteiger partial charge on any atom is -0.300 e. The molecule has 3 nitrogen and oxygen atoms in total. The molecule has 0 aliphatic rings. The van der Waals surface area contributed by atoms with Gasteiger partial charge in [-0.15, -0.1) is 0 Å². The van der Waals surface area contributed by atoms with Crippen LogP contribution in [0.25, 0.3) is 0 Å². The van der Waals surface area contributed by atoms with Crippen LogP contribution in [-0.4, -0.2) is 17.3 Å². The average Bonchev–Trinajstić information content (AvgIpc) is 2.35. The molecule has 0 saturated heterocycles. The predicted molar refractivity (Wildman–Crippen MR) is 77.1 cm³/mol. The van der Waals surface area contributed by atoms with E-state index in [9.17, 15) is 14.4 Å². The van der Waals surface area contributed by atoms with Crippen LogP contribution in [0.5, 0.6) is 0 Å². The van der Waals surface area contributed by atoms with E-state index >= 15 is 0 Å². The minimum absolute atomic E-state index is 0.125. The van der Waals surface area contributed by atoms with E-state index < -0.39 is 0 Å². The van der Waals surface area contributed by atoms with Crippen LogP contribution in [0.15, 0.2) is 0 Å². The quantitative estimate of drug-likeness (QED) is 0.398. The fraction of sp³-hybridized carbons (Fsp3) is 0.812. The van der Waals surface area contributed by atoms with Gasteiger partial charge in [-0.3, -0.25) is 9.59 Å². The summed E-state index contributed by atoms with van der Waals surface area (Å²) in [4.78, 5) is 34.2. The smallest absolute Gasteiger partial charge is 0.198 e. The van der Waals surface area contributed by atoms with Gasteiger partial charge >= 0.3 is 0 Å². The lowest BCUT2D eigenvalue weighted by Crippen LogP contribution is -2.17. The van der Waals surface area contributed by atoms with Crippen LogP contribution in [0, 0.1) is 5.92 Å². The number of carbonyl (C=O) groups is 3. The molecule has 0 fully saturated rings. The van der Waals surface area contributed by atoms with E-state index in [2.05, 4.69) is 6.92 Å². The molecule has 0 bridgehead atoms. The first-order chi connectivity index (χ1) is 8.97. The highest BCUT2D eigenvalue weighted by Crippen LogP contribution is 2.13. The number of ketones is 3. The van der Waals surface area contributed by atoms with Crippen molar-refractivity contribution in [3.05, 3.63) is 0 Å². The third-order valence-corrected chi connectivity index (χ3v) is 3.34. The van der Waals surface area contributed by atoms with Gasteiger partial charge in [0.05, 0.1) is 0 Å². The Hall–Kier alpha value is -0.990. The third-order valence-electron chi connectivity index (χ3n) is 3.34. The second-order valence-corrected chi connectivity index (χ2v) is 5.56. The molecule has 0 saturated carbocycles. The Balaban J connectivity index is 3.74. The first-order valence-corrected chi connectivity index (χ1v) is 7.52. The number of unbranched alkanes of at least 4 members (excludes halogenated alkanes) is 4. The molecule has 1 unspecified atom stereocenters. The fourth-order valence-electron chi connectivity index (χ4n) is 2.01. The summed E-state index contributed by atoms with van der Waals surface area (Å²) in [5.41, 5.74) is 0. The van der Waals surface area contributed by atoms with Crippen molar-refractivity contribution in [1.82, 2.24) is 0 Å². The summed E-state index contributed by atoms with van der Waals surface area (Å²) in [5.74, 6) is -0.222. The van der Waals surface area contributed by atoms with Crippen molar-refractivity contribution in [2.45, 2.75) is 78.6 Å². The van der Waals surface area contributed by atoms with Crippen molar-refractivity contribution < 1.29 is 14.4 Å². The van der Waals surface area contributed by atoms with Crippen LogP contribution in [0.2, 0.25) is 0 Å². The maximum absolute atomic E-state index is 11.7. The van der Waals surface area contributed by atoms with Crippen molar-refractivity contribution in [3.8, 4) is 0 Å². The topological polar surface area (TPSA) is 51.2 Å². The summed E-state index contributed by atoms with van der Waals surface area (Å²) in [6.07, 6.45) is 7.27. The van der Waals surface area contributed by atoms with Gasteiger partial charge in [0.2, 0.25) is 0 Å². The molecule has 0 radical (unpaired) electrons. The van der Waals surface area contributed by atoms with E-state index in [-0.39, 0.29) is 23.3 Å². The van der Waals surface area contributed by atoms with Gasteiger partial charge in [-0.2, -0.15) is 0 Å². The maximum Gasteiger partial charge on any atom is 0.198 e. The van der Waals surface area contributed by atoms with E-state index in [1.807, 2.05) is 6.92 Å². The Kier molecular flexibility index (Phi) is 10.3. The van der Waals surface area contributed by atoms with Crippen LogP contribution in [0.4, 0.5) is 0 Å². The molecule has 3 heteroatoms. The zero-order chi connectivity index (χ0) is 14.7. The molecule has 0 aromatic heterocycles. The van der Waals surface area contributed by atoms with E-state index in [0.29, 0.717) is 25.7 Å². The summed E-state index contributed by atoms with van der Waals surface area (Å²) < 4.78 is 0. The summed E-state index contributed by atoms with van der Waals surface area (Å²) in [5, 5.41) is 0. The lowest BCUT2D eigenvalue weighted by atomic mass is 9.95. The number of Topliss-reactive ketones (excluding diaryl/α,β-unsaturated/α-hetero) is 3. The lowest BCUT2D eigenvalue weighted by Gasteiger charge is -2.08. The van der Waals surface area contributed by atoms with Crippen molar-refractivity contribution in [2.75, 3.05) is 0 Å². The van der Waals surface area contributed by atoms with E-state index in [1.165, 1.54) is 12.8 Å². The first kappa shape index (κ1) is 18.0. The SMILES string of the molecule is CCCCCCCC(=O)C(=O)CC(C)CCC(C)=O. The molecule has 0 amide bonds. The van der Waals surface area contributed by atoms with Crippen LogP contribution >= 0.6 is 0 Å². The molecule has 110 valence electrons. The Morgan fingerprint density at radius 3 is 2.11 bits per heavy atom. The summed E-state index contributed by atoms with van der Waals surface area (Å²) in [6.45, 7) is 5.63. The molecule has 0 spiro atoms. The molecule has 0 N–H and O–H groups in total. The summed E-state index contributed by atoms with van der Waals surface area (Å²) >= 11 is 0. The van der Waals surface area contributed by atoms with E-state index in [0.717, 1.165) is 19.3 Å². The van der Waals surface area contributed by atoms with Gasteiger partial charge in [-0.05, 0) is 25.7 Å². The van der Waals surface area contributed by atoms with Crippen molar-refractivity contribution in [1.29, 1.82) is 0 Å². The second kappa shape index (κ2) is 10.9. The van der Waals surface area contributed by atoms with Crippen LogP contribution < -0.4 is 0 Å². The Bertz CT molecular complexity index is 294. The highest BCUT2D eigenvalue weighted by atomic mass is 16.2. The third kappa shape index (κ3) is 10.6. The molecule has 0 aromatic carbocycles. The molecule has 1 atom stereocenters. The number of rotatable bonds is 12. The summed E-state index contributed by atoms with van der Waals surface area (Å²) in [7, 11) is 0. The Labute approximate surface area is 117 Å². The van der Waals surface area contributed by atoms with Crippen LogP contribution in [0.3, 0.4) is 0 Å². The van der Waals surface area contributed by atoms with Crippen LogP contribution in [-0.2, 0) is 14.4 Å². The van der Waals surface area contributed by atoms with Gasteiger partial charge in [0.25, 0.3) is 0 Å². The van der Waals surface area contributed by atoms with Crippen LogP contribution in [0.1, 0.15) is 78.6 Å². The van der Waals surface area contributed by atoms with Gasteiger partial charge < -0.3 is 4.79 Å². The number of carbonyl (C=O) groups excluding carboxylic acids is 3. The second-order valence-electron chi connectivity index (χ2n) is 5.56. The largest absolute Gasteiger partial charge is 0.300 e. The highest BCUT2D eigenvalue weighted by molar-refractivity contribution is 6.37. The highest BCUT2D eigenvalue weighted by Gasteiger charge is 2.16. The minimum atomic E-state index is -0.258. The van der Waals surface area contributed by atoms with E-state index in [4.69, 9.17) is 0 Å². The lowest BCUT2D eigenvalue weighted by molar-refractivity contribution is -0.137. The normalized spacial score (nSPS) is 12.2. The van der Waals surface area contributed by atoms with Gasteiger partial charge in [-0.1, -0.05) is 39.5 Å². The molecule has 0 aliphatic carbocycles. The molecule has 19 heavy (non-hydrogen) atoms. The number of hydrogen-bond acceptors (Lipinski definition) is 3. The number of hydrogen-bond donors (Lipinski definition) is 0. The van der Waals surface area contributed by atoms with E-state index in [1.54, 1.807) is 6.92 Å². The van der Waals surface area contributed by atoms with Gasteiger partial charge in [0.1, 0.15) is 5.78 Å². The first-order valence-electron chi connectivity index (χ1n) is 7.52. The molecule has 0 aromatic rings. The van der Waals surface area contributed by atoms with Crippen molar-refractivity contribution >= 4 is 17.3 Å². The maximum atomic E-state index is 11.7. The standard InChI is InChI=1S/C16H28O3/c1-4-5-6-7-8-9-15(18)16(19)12-13(2)10-11-14(3)17/h13H,4-12H2,1-3H3. The molecule has 0 heterocycles. The zero-order valence-corrected chi connectivity index (χ0v) is 12.7. The molecular formula is C16H28O3. The molecule has 0 aliphatic heterocycles. The Morgan fingerprint density at radius 2 is 1.53 bits per heavy atom. The zero-order valence-electron chi connectivity index (χ0n) is 12.7. The predicted octanol–water partition coefficient (Wildman–Crippen LogP) is 3.88.